The molecule has 0 bridgehead atoms. The predicted molar refractivity (Wildman–Crippen MR) is 120 cm³/mol. The number of nitrogens with one attached hydrogen (secondary N) is 1. The second kappa shape index (κ2) is 9.43. The Balaban J connectivity index is 1.66. The third-order valence-corrected chi connectivity index (χ3v) is 6.04. The van der Waals surface area contributed by atoms with Gasteiger partial charge in [0, 0.05) is 43.1 Å². The molecule has 1 aliphatic rings. The van der Waals surface area contributed by atoms with Crippen LogP contribution < -0.4 is 10.2 Å². The maximum Gasteiger partial charge on any atom is 0.303 e. The second-order valence-electron chi connectivity index (χ2n) is 8.55. The minimum absolute atomic E-state index is 0.0784. The van der Waals surface area contributed by atoms with E-state index in [9.17, 15) is 9.59 Å². The van der Waals surface area contributed by atoms with Crippen LogP contribution in [0, 0.1) is 0 Å². The first kappa shape index (κ1) is 22.0. The Morgan fingerprint density at radius 3 is 2.53 bits per heavy atom. The van der Waals surface area contributed by atoms with Gasteiger partial charge in [0.15, 0.2) is 0 Å². The van der Waals surface area contributed by atoms with Crippen LogP contribution in [0.5, 0.6) is 0 Å². The van der Waals surface area contributed by atoms with Crippen molar-refractivity contribution in [1.82, 2.24) is 5.32 Å². The highest BCUT2D eigenvalue weighted by Crippen LogP contribution is 2.39. The van der Waals surface area contributed by atoms with Crippen LogP contribution in [-0.2, 0) is 21.5 Å². The lowest BCUT2D eigenvalue weighted by Gasteiger charge is -2.27. The molecule has 3 rings (SSSR count). The summed E-state index contributed by atoms with van der Waals surface area (Å²) in [7, 11) is 0. The van der Waals surface area contributed by atoms with E-state index in [2.05, 4.69) is 50.4 Å². The van der Waals surface area contributed by atoms with Crippen molar-refractivity contribution in [2.24, 2.45) is 0 Å². The van der Waals surface area contributed by atoms with Crippen molar-refractivity contribution in [1.29, 1.82) is 0 Å². The SMILES string of the molecule is CCc1ccc2c(c1)C(CCC(=O)O)CN2C(=O)CCNC(C)(C)c1ccccc1. The maximum atomic E-state index is 13.0. The van der Waals surface area contributed by atoms with E-state index in [1.165, 1.54) is 11.1 Å². The van der Waals surface area contributed by atoms with Gasteiger partial charge in [0.25, 0.3) is 0 Å². The number of carbonyl (C=O) groups is 2. The number of carbonyl (C=O) groups excluding carboxylic acids is 1. The highest BCUT2D eigenvalue weighted by Gasteiger charge is 2.32. The van der Waals surface area contributed by atoms with Crippen LogP contribution in [0.3, 0.4) is 0 Å². The van der Waals surface area contributed by atoms with Crippen LogP contribution in [0.25, 0.3) is 0 Å². The number of amides is 1. The molecule has 30 heavy (non-hydrogen) atoms. The minimum atomic E-state index is -0.791. The first-order chi connectivity index (χ1) is 14.3. The molecule has 5 nitrogen and oxygen atoms in total. The molecule has 5 heteroatoms. The Morgan fingerprint density at radius 2 is 1.87 bits per heavy atom. The van der Waals surface area contributed by atoms with Gasteiger partial charge in [0.1, 0.15) is 0 Å². The number of nitrogens with zero attached hydrogens (tertiary/aromatic N) is 1. The van der Waals surface area contributed by atoms with Gasteiger partial charge >= 0.3 is 5.97 Å². The smallest absolute Gasteiger partial charge is 0.303 e. The quantitative estimate of drug-likeness (QED) is 0.643. The Labute approximate surface area is 179 Å². The summed E-state index contributed by atoms with van der Waals surface area (Å²) in [5.74, 6) is -0.629. The first-order valence-electron chi connectivity index (χ1n) is 10.8. The van der Waals surface area contributed by atoms with Gasteiger partial charge in [-0.2, -0.15) is 0 Å². The topological polar surface area (TPSA) is 69.6 Å². The third kappa shape index (κ3) is 5.08. The number of hydrogen-bond acceptors (Lipinski definition) is 3. The molecule has 2 N–H and O–H groups in total. The maximum absolute atomic E-state index is 13.0. The summed E-state index contributed by atoms with van der Waals surface area (Å²) in [6.07, 6.45) is 2.00. The Kier molecular flexibility index (Phi) is 6.93. The van der Waals surface area contributed by atoms with E-state index >= 15 is 0 Å². The zero-order valence-corrected chi connectivity index (χ0v) is 18.1. The molecule has 1 atom stereocenters. The monoisotopic (exact) mass is 408 g/mol. The first-order valence-corrected chi connectivity index (χ1v) is 10.8. The number of aliphatic carboxylic acids is 1. The lowest BCUT2D eigenvalue weighted by atomic mass is 9.94. The van der Waals surface area contributed by atoms with Crippen molar-refractivity contribution in [3.63, 3.8) is 0 Å². The van der Waals surface area contributed by atoms with E-state index in [-0.39, 0.29) is 23.8 Å². The summed E-state index contributed by atoms with van der Waals surface area (Å²) in [5.41, 5.74) is 4.24. The summed E-state index contributed by atoms with van der Waals surface area (Å²) in [5, 5.41) is 12.6. The van der Waals surface area contributed by atoms with Gasteiger partial charge in [-0.1, -0.05) is 49.4 Å². The van der Waals surface area contributed by atoms with E-state index in [1.807, 2.05) is 29.2 Å². The number of fused-ring (bicyclic) bond motifs is 1. The van der Waals surface area contributed by atoms with Crippen molar-refractivity contribution >= 4 is 17.6 Å². The third-order valence-electron chi connectivity index (χ3n) is 6.04. The van der Waals surface area contributed by atoms with Crippen LogP contribution in [0.2, 0.25) is 0 Å². The van der Waals surface area contributed by atoms with Gasteiger partial charge in [-0.3, -0.25) is 9.59 Å². The van der Waals surface area contributed by atoms with Crippen molar-refractivity contribution in [3.05, 3.63) is 65.2 Å². The zero-order chi connectivity index (χ0) is 21.7. The fraction of sp³-hybridized carbons (Fsp3) is 0.440. The fourth-order valence-electron chi connectivity index (χ4n) is 4.17. The Morgan fingerprint density at radius 1 is 1.13 bits per heavy atom. The molecule has 2 aromatic carbocycles. The molecular formula is C25H32N2O3. The average molecular weight is 409 g/mol. The van der Waals surface area contributed by atoms with Crippen molar-refractivity contribution in [2.45, 2.75) is 57.9 Å². The number of carboxylic acids is 1. The summed E-state index contributed by atoms with van der Waals surface area (Å²) in [4.78, 5) is 26.0. The van der Waals surface area contributed by atoms with Crippen LogP contribution in [0.15, 0.2) is 48.5 Å². The number of carboxylic acid groups (broad SMARTS) is 1. The minimum Gasteiger partial charge on any atom is -0.481 e. The van der Waals surface area contributed by atoms with Crippen LogP contribution in [0.4, 0.5) is 5.69 Å². The summed E-state index contributed by atoms with van der Waals surface area (Å²) < 4.78 is 0. The summed E-state index contributed by atoms with van der Waals surface area (Å²) in [6.45, 7) is 7.49. The van der Waals surface area contributed by atoms with Crippen LogP contribution >= 0.6 is 0 Å². The van der Waals surface area contributed by atoms with Crippen molar-refractivity contribution in [3.8, 4) is 0 Å². The van der Waals surface area contributed by atoms with Gasteiger partial charge in [-0.05, 0) is 49.4 Å². The van der Waals surface area contributed by atoms with Gasteiger partial charge in [0.05, 0.1) is 0 Å². The molecule has 1 amide bonds. The molecule has 1 heterocycles. The summed E-state index contributed by atoms with van der Waals surface area (Å²) >= 11 is 0. The zero-order valence-electron chi connectivity index (χ0n) is 18.1. The fourth-order valence-corrected chi connectivity index (χ4v) is 4.17. The summed E-state index contributed by atoms with van der Waals surface area (Å²) in [6, 6.07) is 16.4. The standard InChI is InChI=1S/C25H32N2O3/c1-4-18-10-12-22-21(16-18)19(11-13-24(29)30)17-27(22)23(28)14-15-26-25(2,3)20-8-6-5-7-9-20/h5-10,12,16,19,26H,4,11,13-15,17H2,1-3H3,(H,29,30). The van der Waals surface area contributed by atoms with E-state index in [0.717, 1.165) is 17.7 Å². The molecule has 2 aromatic rings. The molecule has 0 aromatic heterocycles. The largest absolute Gasteiger partial charge is 0.481 e. The van der Waals surface area contributed by atoms with Crippen molar-refractivity contribution in [2.75, 3.05) is 18.0 Å². The number of anilines is 1. The second-order valence-corrected chi connectivity index (χ2v) is 8.55. The Hall–Kier alpha value is -2.66. The van der Waals surface area contributed by atoms with E-state index < -0.39 is 5.97 Å². The molecule has 0 saturated heterocycles. The van der Waals surface area contributed by atoms with E-state index in [1.54, 1.807) is 0 Å². The highest BCUT2D eigenvalue weighted by molar-refractivity contribution is 5.96. The molecule has 1 unspecified atom stereocenters. The highest BCUT2D eigenvalue weighted by atomic mass is 16.4. The number of aryl methyl sites for hydroxylation is 1. The molecular weight excluding hydrogens is 376 g/mol. The average Bonchev–Trinajstić information content (AvgIpc) is 3.10. The number of benzene rings is 2. The molecule has 0 fully saturated rings. The van der Waals surface area contributed by atoms with Gasteiger partial charge in [-0.15, -0.1) is 0 Å². The number of hydrogen-bond donors (Lipinski definition) is 2. The molecule has 0 spiro atoms. The molecule has 0 radical (unpaired) electrons. The molecule has 160 valence electrons. The van der Waals surface area contributed by atoms with Crippen molar-refractivity contribution < 1.29 is 14.7 Å². The molecule has 0 aliphatic carbocycles. The van der Waals surface area contributed by atoms with E-state index in [0.29, 0.717) is 25.9 Å². The Bertz CT molecular complexity index is 893. The van der Waals surface area contributed by atoms with E-state index in [4.69, 9.17) is 5.11 Å². The predicted octanol–water partition coefficient (Wildman–Crippen LogP) is 4.46. The van der Waals surface area contributed by atoms with Gasteiger partial charge in [-0.25, -0.2) is 0 Å². The molecule has 0 saturated carbocycles. The lowest BCUT2D eigenvalue weighted by molar-refractivity contribution is -0.137. The number of rotatable bonds is 9. The lowest BCUT2D eigenvalue weighted by Crippen LogP contribution is -2.39. The van der Waals surface area contributed by atoms with Gasteiger partial charge in [0.2, 0.25) is 5.91 Å². The van der Waals surface area contributed by atoms with Gasteiger partial charge < -0.3 is 15.3 Å². The van der Waals surface area contributed by atoms with Crippen LogP contribution in [-0.4, -0.2) is 30.1 Å². The normalized spacial score (nSPS) is 15.8. The molecule has 1 aliphatic heterocycles. The van der Waals surface area contributed by atoms with Crippen LogP contribution in [0.1, 0.15) is 62.6 Å².